The van der Waals surface area contributed by atoms with E-state index >= 15 is 0 Å². The standard InChI is InChI=1S/C13H22N2/c1-12(2)7-11-8-13(3,9-12)10-15(11)6-4-5-14/h11H,4,6-10H2,1-3H3/p+1/t11-,13+/m1/s1. The molecule has 1 heterocycles. The van der Waals surface area contributed by atoms with E-state index in [1.165, 1.54) is 25.8 Å². The second kappa shape index (κ2) is 3.49. The van der Waals surface area contributed by atoms with Crippen molar-refractivity contribution in [2.24, 2.45) is 10.8 Å². The summed E-state index contributed by atoms with van der Waals surface area (Å²) in [6, 6.07) is 3.11. The van der Waals surface area contributed by atoms with Crippen LogP contribution in [0.2, 0.25) is 0 Å². The number of hydrogen-bond donors (Lipinski definition) is 1. The van der Waals surface area contributed by atoms with Crippen molar-refractivity contribution in [2.75, 3.05) is 13.1 Å². The molecule has 84 valence electrons. The first-order valence-corrected chi connectivity index (χ1v) is 6.16. The van der Waals surface area contributed by atoms with Crippen LogP contribution in [0.4, 0.5) is 0 Å². The lowest BCUT2D eigenvalue weighted by Crippen LogP contribution is -3.14. The number of nitrogens with zero attached hydrogens (tertiary/aromatic N) is 1. The molecule has 0 aromatic carbocycles. The number of nitriles is 1. The molecule has 1 aliphatic carbocycles. The highest BCUT2D eigenvalue weighted by molar-refractivity contribution is 4.95. The molecule has 0 radical (unpaired) electrons. The van der Waals surface area contributed by atoms with E-state index in [4.69, 9.17) is 5.26 Å². The van der Waals surface area contributed by atoms with Gasteiger partial charge in [0.05, 0.1) is 31.6 Å². The van der Waals surface area contributed by atoms with Gasteiger partial charge in [-0.3, -0.25) is 0 Å². The Morgan fingerprint density at radius 1 is 1.33 bits per heavy atom. The van der Waals surface area contributed by atoms with Gasteiger partial charge in [0, 0.05) is 18.3 Å². The van der Waals surface area contributed by atoms with Crippen molar-refractivity contribution >= 4 is 0 Å². The van der Waals surface area contributed by atoms with E-state index in [9.17, 15) is 0 Å². The van der Waals surface area contributed by atoms with E-state index in [0.29, 0.717) is 10.8 Å². The molecular formula is C13H23N2+. The van der Waals surface area contributed by atoms with Crippen LogP contribution in [-0.2, 0) is 0 Å². The minimum Gasteiger partial charge on any atom is -0.331 e. The van der Waals surface area contributed by atoms with E-state index in [2.05, 4.69) is 26.8 Å². The number of fused-ring (bicyclic) bond motifs is 2. The van der Waals surface area contributed by atoms with Crippen LogP contribution >= 0.6 is 0 Å². The van der Waals surface area contributed by atoms with Crippen LogP contribution in [0.25, 0.3) is 0 Å². The molecule has 1 aliphatic heterocycles. The average molecular weight is 207 g/mol. The predicted octanol–water partition coefficient (Wildman–Crippen LogP) is 1.38. The molecule has 0 aromatic heterocycles. The van der Waals surface area contributed by atoms with Crippen LogP contribution in [0.15, 0.2) is 0 Å². The number of nitrogens with one attached hydrogen (secondary N) is 1. The van der Waals surface area contributed by atoms with Crippen LogP contribution in [-0.4, -0.2) is 19.1 Å². The Hall–Kier alpha value is -0.550. The Morgan fingerprint density at radius 2 is 2.07 bits per heavy atom. The molecule has 2 aliphatic rings. The number of hydrogen-bond acceptors (Lipinski definition) is 1. The van der Waals surface area contributed by atoms with Crippen LogP contribution in [0.1, 0.15) is 46.5 Å². The molecule has 0 amide bonds. The number of likely N-dealkylation sites (tertiary alicyclic amines) is 1. The highest BCUT2D eigenvalue weighted by atomic mass is 15.2. The van der Waals surface area contributed by atoms with Gasteiger partial charge in [0.15, 0.2) is 0 Å². The summed E-state index contributed by atoms with van der Waals surface area (Å²) in [6.45, 7) is 9.62. The van der Waals surface area contributed by atoms with Gasteiger partial charge in [-0.1, -0.05) is 20.8 Å². The van der Waals surface area contributed by atoms with Crippen molar-refractivity contribution in [1.82, 2.24) is 0 Å². The van der Waals surface area contributed by atoms with Crippen molar-refractivity contribution in [3.8, 4) is 6.07 Å². The van der Waals surface area contributed by atoms with Gasteiger partial charge in [0.2, 0.25) is 0 Å². The molecular weight excluding hydrogens is 184 g/mol. The zero-order valence-corrected chi connectivity index (χ0v) is 10.3. The summed E-state index contributed by atoms with van der Waals surface area (Å²) < 4.78 is 0. The molecule has 0 spiro atoms. The van der Waals surface area contributed by atoms with Gasteiger partial charge in [0.25, 0.3) is 0 Å². The molecule has 2 nitrogen and oxygen atoms in total. The van der Waals surface area contributed by atoms with Crippen molar-refractivity contribution < 1.29 is 4.90 Å². The first-order chi connectivity index (χ1) is 6.94. The van der Waals surface area contributed by atoms with Crippen LogP contribution in [0.5, 0.6) is 0 Å². The molecule has 1 saturated carbocycles. The maximum Gasteiger partial charge on any atom is 0.0905 e. The lowest BCUT2D eigenvalue weighted by Gasteiger charge is -2.37. The zero-order chi connectivity index (χ0) is 11.1. The van der Waals surface area contributed by atoms with Gasteiger partial charge in [0.1, 0.15) is 0 Å². The molecule has 2 heteroatoms. The molecule has 2 bridgehead atoms. The van der Waals surface area contributed by atoms with Crippen LogP contribution < -0.4 is 4.90 Å². The average Bonchev–Trinajstić information content (AvgIpc) is 2.31. The normalized spacial score (nSPS) is 42.5. The monoisotopic (exact) mass is 207 g/mol. The molecule has 2 rings (SSSR count). The minimum absolute atomic E-state index is 0.520. The van der Waals surface area contributed by atoms with Gasteiger partial charge in [-0.25, -0.2) is 0 Å². The predicted molar refractivity (Wildman–Crippen MR) is 60.5 cm³/mol. The topological polar surface area (TPSA) is 28.2 Å². The molecule has 3 atom stereocenters. The Kier molecular flexibility index (Phi) is 2.55. The van der Waals surface area contributed by atoms with Gasteiger partial charge in [-0.2, -0.15) is 5.26 Å². The Morgan fingerprint density at radius 3 is 2.73 bits per heavy atom. The maximum atomic E-state index is 8.67. The van der Waals surface area contributed by atoms with Gasteiger partial charge >= 0.3 is 0 Å². The second-order valence-corrected chi connectivity index (χ2v) is 6.75. The molecule has 15 heavy (non-hydrogen) atoms. The van der Waals surface area contributed by atoms with Gasteiger partial charge < -0.3 is 4.90 Å². The Labute approximate surface area is 93.3 Å². The third kappa shape index (κ3) is 2.18. The van der Waals surface area contributed by atoms with E-state index in [1.54, 1.807) is 4.90 Å². The molecule has 1 unspecified atom stereocenters. The molecule has 1 saturated heterocycles. The van der Waals surface area contributed by atoms with E-state index in [0.717, 1.165) is 19.0 Å². The van der Waals surface area contributed by atoms with Gasteiger partial charge in [-0.05, 0) is 11.8 Å². The summed E-state index contributed by atoms with van der Waals surface area (Å²) in [6.07, 6.45) is 4.83. The third-order valence-electron chi connectivity index (χ3n) is 4.23. The number of rotatable bonds is 2. The SMILES string of the molecule is CC1(C)C[C@@H]2C[C@](C)(C[NH+]2CCC#N)C1. The fourth-order valence-corrected chi connectivity index (χ4v) is 4.26. The summed E-state index contributed by atoms with van der Waals surface area (Å²) in [5.41, 5.74) is 1.07. The van der Waals surface area contributed by atoms with E-state index < -0.39 is 0 Å². The van der Waals surface area contributed by atoms with Crippen molar-refractivity contribution in [2.45, 2.75) is 52.5 Å². The van der Waals surface area contributed by atoms with Crippen LogP contribution in [0.3, 0.4) is 0 Å². The van der Waals surface area contributed by atoms with Crippen LogP contribution in [0, 0.1) is 22.2 Å². The second-order valence-electron chi connectivity index (χ2n) is 6.75. The summed E-state index contributed by atoms with van der Waals surface area (Å²) >= 11 is 0. The van der Waals surface area contributed by atoms with E-state index in [1.807, 2.05) is 0 Å². The quantitative estimate of drug-likeness (QED) is 0.728. The molecule has 2 fully saturated rings. The van der Waals surface area contributed by atoms with Crippen molar-refractivity contribution in [1.29, 1.82) is 5.26 Å². The fourth-order valence-electron chi connectivity index (χ4n) is 4.26. The molecule has 0 aromatic rings. The lowest BCUT2D eigenvalue weighted by molar-refractivity contribution is -0.914. The Bertz CT molecular complexity index is 289. The highest BCUT2D eigenvalue weighted by Gasteiger charge is 2.52. The first kappa shape index (κ1) is 11.0. The summed E-state index contributed by atoms with van der Waals surface area (Å²) in [5, 5.41) is 8.67. The zero-order valence-electron chi connectivity index (χ0n) is 10.3. The van der Waals surface area contributed by atoms with E-state index in [-0.39, 0.29) is 0 Å². The van der Waals surface area contributed by atoms with Gasteiger partial charge in [-0.15, -0.1) is 0 Å². The summed E-state index contributed by atoms with van der Waals surface area (Å²) in [4.78, 5) is 1.70. The third-order valence-corrected chi connectivity index (χ3v) is 4.23. The fraction of sp³-hybridized carbons (Fsp3) is 0.923. The van der Waals surface area contributed by atoms with Crippen molar-refractivity contribution in [3.63, 3.8) is 0 Å². The largest absolute Gasteiger partial charge is 0.331 e. The Balaban J connectivity index is 2.07. The first-order valence-electron chi connectivity index (χ1n) is 6.16. The highest BCUT2D eigenvalue weighted by Crippen LogP contribution is 2.47. The molecule has 1 N–H and O–H groups in total. The smallest absolute Gasteiger partial charge is 0.0905 e. The summed E-state index contributed by atoms with van der Waals surface area (Å²) in [5.74, 6) is 0. The summed E-state index contributed by atoms with van der Waals surface area (Å²) in [7, 11) is 0. The van der Waals surface area contributed by atoms with Crippen molar-refractivity contribution in [3.05, 3.63) is 0 Å². The maximum absolute atomic E-state index is 8.67. The number of quaternary nitrogens is 1. The minimum atomic E-state index is 0.520. The lowest BCUT2D eigenvalue weighted by atomic mass is 9.65.